The Hall–Kier alpha value is -3.33. The number of aryl methyl sites for hydroxylation is 1. The van der Waals surface area contributed by atoms with Crippen LogP contribution in [0.4, 0.5) is 10.8 Å². The number of anilines is 2. The standard InChI is InChI=1S/C17H13N3O5S/c1-10-8-18-17(26-10)19-13(21)9-25-16(24)11-3-2-4-12(7-11)20-14(22)5-6-15(20)23/h2-8H,9H2,1H3,(H,18,19,21). The zero-order chi connectivity index (χ0) is 18.7. The summed E-state index contributed by atoms with van der Waals surface area (Å²) in [6.07, 6.45) is 3.92. The number of imide groups is 1. The van der Waals surface area contributed by atoms with Crippen LogP contribution < -0.4 is 10.2 Å². The Balaban J connectivity index is 1.61. The van der Waals surface area contributed by atoms with Crippen LogP contribution in [0.25, 0.3) is 0 Å². The molecule has 0 radical (unpaired) electrons. The van der Waals surface area contributed by atoms with Crippen molar-refractivity contribution in [3.63, 3.8) is 0 Å². The van der Waals surface area contributed by atoms with Gasteiger partial charge >= 0.3 is 5.97 Å². The van der Waals surface area contributed by atoms with Crippen LogP contribution in [0.2, 0.25) is 0 Å². The number of aromatic nitrogens is 1. The van der Waals surface area contributed by atoms with Gasteiger partial charge in [-0.15, -0.1) is 11.3 Å². The predicted molar refractivity (Wildman–Crippen MR) is 93.8 cm³/mol. The van der Waals surface area contributed by atoms with E-state index in [2.05, 4.69) is 10.3 Å². The van der Waals surface area contributed by atoms with Crippen molar-refractivity contribution >= 4 is 45.8 Å². The van der Waals surface area contributed by atoms with Gasteiger partial charge in [-0.05, 0) is 25.1 Å². The number of nitrogens with one attached hydrogen (secondary N) is 1. The number of esters is 1. The molecule has 1 aliphatic rings. The van der Waals surface area contributed by atoms with Gasteiger partial charge in [-0.25, -0.2) is 14.7 Å². The number of hydrogen-bond acceptors (Lipinski definition) is 7. The normalized spacial score (nSPS) is 13.2. The molecule has 1 aromatic carbocycles. The highest BCUT2D eigenvalue weighted by molar-refractivity contribution is 7.15. The Morgan fingerprint density at radius 2 is 1.96 bits per heavy atom. The maximum Gasteiger partial charge on any atom is 0.338 e. The van der Waals surface area contributed by atoms with Gasteiger partial charge in [-0.3, -0.25) is 19.7 Å². The first-order chi connectivity index (χ1) is 12.4. The highest BCUT2D eigenvalue weighted by Crippen LogP contribution is 2.21. The van der Waals surface area contributed by atoms with Crippen molar-refractivity contribution in [1.82, 2.24) is 4.98 Å². The molecule has 0 fully saturated rings. The summed E-state index contributed by atoms with van der Waals surface area (Å²) in [5, 5.41) is 2.94. The second-order valence-electron chi connectivity index (χ2n) is 5.30. The fourth-order valence-electron chi connectivity index (χ4n) is 2.21. The van der Waals surface area contributed by atoms with Crippen LogP contribution in [0.3, 0.4) is 0 Å². The molecule has 26 heavy (non-hydrogen) atoms. The molecule has 2 aromatic rings. The van der Waals surface area contributed by atoms with E-state index in [1.54, 1.807) is 6.20 Å². The van der Waals surface area contributed by atoms with E-state index < -0.39 is 30.3 Å². The lowest BCUT2D eigenvalue weighted by molar-refractivity contribution is -0.120. The smallest absolute Gasteiger partial charge is 0.338 e. The Morgan fingerprint density at radius 3 is 2.62 bits per heavy atom. The third-order valence-corrected chi connectivity index (χ3v) is 4.18. The van der Waals surface area contributed by atoms with E-state index in [1.165, 1.54) is 35.6 Å². The van der Waals surface area contributed by atoms with Crippen LogP contribution >= 0.6 is 11.3 Å². The average Bonchev–Trinajstić information content (AvgIpc) is 3.17. The van der Waals surface area contributed by atoms with E-state index in [-0.39, 0.29) is 11.3 Å². The van der Waals surface area contributed by atoms with E-state index in [1.807, 2.05) is 6.92 Å². The summed E-state index contributed by atoms with van der Waals surface area (Å²) in [5.41, 5.74) is 0.370. The first kappa shape index (κ1) is 17.5. The Bertz CT molecular complexity index is 916. The van der Waals surface area contributed by atoms with Crippen molar-refractivity contribution in [1.29, 1.82) is 0 Å². The number of rotatable bonds is 5. The molecule has 3 rings (SSSR count). The molecule has 8 nitrogen and oxygen atoms in total. The molecular formula is C17H13N3O5S. The number of carbonyl (C=O) groups excluding carboxylic acids is 4. The average molecular weight is 371 g/mol. The molecule has 3 amide bonds. The fraction of sp³-hybridized carbons (Fsp3) is 0.118. The second kappa shape index (κ2) is 7.28. The Labute approximate surface area is 152 Å². The first-order valence-corrected chi connectivity index (χ1v) is 8.31. The van der Waals surface area contributed by atoms with Gasteiger partial charge in [0.05, 0.1) is 11.3 Å². The van der Waals surface area contributed by atoms with Crippen molar-refractivity contribution < 1.29 is 23.9 Å². The van der Waals surface area contributed by atoms with Gasteiger partial charge in [0.1, 0.15) is 0 Å². The summed E-state index contributed by atoms with van der Waals surface area (Å²) in [7, 11) is 0. The molecule has 0 saturated heterocycles. The van der Waals surface area contributed by atoms with Gasteiger partial charge in [0, 0.05) is 23.2 Å². The van der Waals surface area contributed by atoms with Gasteiger partial charge < -0.3 is 4.74 Å². The summed E-state index contributed by atoms with van der Waals surface area (Å²) in [6, 6.07) is 5.86. The molecule has 132 valence electrons. The van der Waals surface area contributed by atoms with Gasteiger partial charge in [-0.1, -0.05) is 6.07 Å². The van der Waals surface area contributed by atoms with Crippen LogP contribution in [-0.2, 0) is 19.1 Å². The lowest BCUT2D eigenvalue weighted by Gasteiger charge is -2.14. The molecule has 0 spiro atoms. The number of nitrogens with zero attached hydrogens (tertiary/aromatic N) is 2. The molecule has 9 heteroatoms. The third kappa shape index (κ3) is 3.83. The van der Waals surface area contributed by atoms with Crippen molar-refractivity contribution in [2.24, 2.45) is 0 Å². The van der Waals surface area contributed by atoms with Crippen LogP contribution in [0, 0.1) is 6.92 Å². The molecular weight excluding hydrogens is 358 g/mol. The van der Waals surface area contributed by atoms with E-state index in [0.29, 0.717) is 5.13 Å². The number of hydrogen-bond donors (Lipinski definition) is 1. The second-order valence-corrected chi connectivity index (χ2v) is 6.53. The van der Waals surface area contributed by atoms with E-state index in [0.717, 1.165) is 21.9 Å². The SMILES string of the molecule is Cc1cnc(NC(=O)COC(=O)c2cccc(N3C(=O)C=CC3=O)c2)s1. The maximum atomic E-state index is 12.1. The highest BCUT2D eigenvalue weighted by atomic mass is 32.1. The van der Waals surface area contributed by atoms with E-state index >= 15 is 0 Å². The third-order valence-electron chi connectivity index (χ3n) is 3.35. The monoisotopic (exact) mass is 371 g/mol. The lowest BCUT2D eigenvalue weighted by Crippen LogP contribution is -2.29. The zero-order valence-corrected chi connectivity index (χ0v) is 14.4. The Morgan fingerprint density at radius 1 is 1.23 bits per heavy atom. The number of benzene rings is 1. The minimum Gasteiger partial charge on any atom is -0.452 e. The van der Waals surface area contributed by atoms with Crippen molar-refractivity contribution in [2.45, 2.75) is 6.92 Å². The van der Waals surface area contributed by atoms with Crippen molar-refractivity contribution in [3.05, 3.63) is 53.1 Å². The molecule has 1 N–H and O–H groups in total. The number of amides is 3. The predicted octanol–water partition coefficient (Wildman–Crippen LogP) is 1.68. The number of ether oxygens (including phenoxy) is 1. The molecule has 0 atom stereocenters. The molecule has 1 aromatic heterocycles. The quantitative estimate of drug-likeness (QED) is 0.633. The van der Waals surface area contributed by atoms with Gasteiger partial charge in [0.2, 0.25) is 0 Å². The molecule has 0 unspecified atom stereocenters. The summed E-state index contributed by atoms with van der Waals surface area (Å²) in [4.78, 5) is 53.2. The Kier molecular flexibility index (Phi) is 4.90. The lowest BCUT2D eigenvalue weighted by atomic mass is 10.2. The summed E-state index contributed by atoms with van der Waals surface area (Å²) in [6.45, 7) is 1.37. The number of carbonyl (C=O) groups is 4. The zero-order valence-electron chi connectivity index (χ0n) is 13.6. The maximum absolute atomic E-state index is 12.1. The van der Waals surface area contributed by atoms with E-state index in [9.17, 15) is 19.2 Å². The highest BCUT2D eigenvalue weighted by Gasteiger charge is 2.25. The molecule has 1 aliphatic heterocycles. The van der Waals surface area contributed by atoms with Crippen LogP contribution in [0.1, 0.15) is 15.2 Å². The van der Waals surface area contributed by atoms with Gasteiger partial charge in [0.15, 0.2) is 11.7 Å². The van der Waals surface area contributed by atoms with Crippen molar-refractivity contribution in [2.75, 3.05) is 16.8 Å². The molecule has 0 bridgehead atoms. The van der Waals surface area contributed by atoms with Gasteiger partial charge in [0.25, 0.3) is 17.7 Å². The van der Waals surface area contributed by atoms with Crippen LogP contribution in [-0.4, -0.2) is 35.3 Å². The largest absolute Gasteiger partial charge is 0.452 e. The van der Waals surface area contributed by atoms with Crippen molar-refractivity contribution in [3.8, 4) is 0 Å². The van der Waals surface area contributed by atoms with Crippen LogP contribution in [0.5, 0.6) is 0 Å². The molecule has 0 saturated carbocycles. The molecule has 2 heterocycles. The first-order valence-electron chi connectivity index (χ1n) is 7.49. The molecule has 0 aliphatic carbocycles. The minimum absolute atomic E-state index is 0.118. The fourth-order valence-corrected chi connectivity index (χ4v) is 2.89. The topological polar surface area (TPSA) is 106 Å². The summed E-state index contributed by atoms with van der Waals surface area (Å²) >= 11 is 1.30. The number of thiazole rings is 1. The van der Waals surface area contributed by atoms with E-state index in [4.69, 9.17) is 4.74 Å². The summed E-state index contributed by atoms with van der Waals surface area (Å²) in [5.74, 6) is -2.24. The van der Waals surface area contributed by atoms with Gasteiger partial charge in [-0.2, -0.15) is 0 Å². The minimum atomic E-state index is -0.746. The van der Waals surface area contributed by atoms with Crippen LogP contribution in [0.15, 0.2) is 42.6 Å². The summed E-state index contributed by atoms with van der Waals surface area (Å²) < 4.78 is 4.96.